The summed E-state index contributed by atoms with van der Waals surface area (Å²) in [6.45, 7) is 4.31. The van der Waals surface area contributed by atoms with E-state index in [9.17, 15) is 14.4 Å². The third kappa shape index (κ3) is 7.61. The van der Waals surface area contributed by atoms with Crippen LogP contribution in [0.25, 0.3) is 0 Å². The molecule has 0 aromatic rings. The van der Waals surface area contributed by atoms with Gasteiger partial charge in [0, 0.05) is 6.42 Å². The third-order valence-electron chi connectivity index (χ3n) is 1.88. The van der Waals surface area contributed by atoms with Crippen molar-refractivity contribution in [3.8, 4) is 0 Å². The van der Waals surface area contributed by atoms with Gasteiger partial charge in [0.2, 0.25) is 0 Å². The number of carboxylic acid groups (broad SMARTS) is 1. The Morgan fingerprint density at radius 3 is 2.22 bits per heavy atom. The first kappa shape index (κ1) is 16.4. The highest BCUT2D eigenvalue weighted by atomic mass is 16.6. The average molecular weight is 261 g/mol. The van der Waals surface area contributed by atoms with E-state index in [2.05, 4.69) is 5.32 Å². The largest absolute Gasteiger partial charge is 0.480 e. The van der Waals surface area contributed by atoms with E-state index in [1.165, 1.54) is 0 Å². The minimum atomic E-state index is -1.26. The summed E-state index contributed by atoms with van der Waals surface area (Å²) < 4.78 is 4.90. The van der Waals surface area contributed by atoms with E-state index in [0.29, 0.717) is 0 Å². The molecule has 0 aliphatic heterocycles. The van der Waals surface area contributed by atoms with Gasteiger partial charge in [-0.2, -0.15) is 0 Å². The lowest BCUT2D eigenvalue weighted by atomic mass is 10.1. The highest BCUT2D eigenvalue weighted by Gasteiger charge is 2.24. The number of aliphatic carboxylic acids is 1. The predicted molar refractivity (Wildman–Crippen MR) is 62.1 cm³/mol. The number of hydrogen-bond donors (Lipinski definition) is 3. The Kier molecular flexibility index (Phi) is 6.32. The first-order valence-corrected chi connectivity index (χ1v) is 5.50. The van der Waals surface area contributed by atoms with Crippen molar-refractivity contribution in [1.82, 2.24) is 5.32 Å². The van der Waals surface area contributed by atoms with Crippen LogP contribution in [0.4, 0.5) is 4.79 Å². The van der Waals surface area contributed by atoms with Crippen LogP contribution in [-0.4, -0.2) is 46.3 Å². The molecular weight excluding hydrogens is 242 g/mol. The zero-order valence-corrected chi connectivity index (χ0v) is 10.7. The first-order valence-electron chi connectivity index (χ1n) is 5.50. The van der Waals surface area contributed by atoms with E-state index in [1.807, 2.05) is 0 Å². The van der Waals surface area contributed by atoms with E-state index >= 15 is 0 Å². The molecule has 0 heterocycles. The number of carbonyl (C=O) groups is 3. The number of carbonyl (C=O) groups excluding carboxylic acids is 2. The van der Waals surface area contributed by atoms with Gasteiger partial charge in [-0.05, 0) is 27.2 Å². The summed E-state index contributed by atoms with van der Waals surface area (Å²) >= 11 is 0. The molecule has 0 aliphatic carbocycles. The van der Waals surface area contributed by atoms with Crippen LogP contribution in [0, 0.1) is 0 Å². The SMILES string of the molecule is CC(C)(C)OC(=O)N[C@@H](CCC(=O)CO)C(=O)O. The molecule has 0 rings (SSSR count). The predicted octanol–water partition coefficient (Wildman–Crippen LogP) is 0.306. The molecule has 0 saturated heterocycles. The standard InChI is InChI=1S/C11H19NO6/c1-11(2,3)18-10(17)12-8(9(15)16)5-4-7(14)6-13/h8,13H,4-6H2,1-3H3,(H,12,17)(H,15,16)/t8-/m0/s1. The van der Waals surface area contributed by atoms with Crippen LogP contribution in [0.15, 0.2) is 0 Å². The second-order valence-corrected chi connectivity index (χ2v) is 4.77. The van der Waals surface area contributed by atoms with Gasteiger partial charge in [-0.15, -0.1) is 0 Å². The van der Waals surface area contributed by atoms with Crippen LogP contribution >= 0.6 is 0 Å². The number of rotatable bonds is 6. The van der Waals surface area contributed by atoms with E-state index < -0.39 is 36.1 Å². The van der Waals surface area contributed by atoms with Gasteiger partial charge in [0.1, 0.15) is 18.2 Å². The molecule has 3 N–H and O–H groups in total. The summed E-state index contributed by atoms with van der Waals surface area (Å²) in [5.41, 5.74) is -0.728. The number of aliphatic hydroxyl groups excluding tert-OH is 1. The van der Waals surface area contributed by atoms with Gasteiger partial charge in [-0.1, -0.05) is 0 Å². The Labute approximate surface area is 105 Å². The molecule has 0 spiro atoms. The minimum Gasteiger partial charge on any atom is -0.480 e. The Hall–Kier alpha value is -1.63. The number of alkyl carbamates (subject to hydrolysis) is 1. The molecule has 7 heteroatoms. The van der Waals surface area contributed by atoms with Crippen LogP contribution in [-0.2, 0) is 14.3 Å². The maximum Gasteiger partial charge on any atom is 0.408 e. The molecule has 18 heavy (non-hydrogen) atoms. The molecule has 7 nitrogen and oxygen atoms in total. The topological polar surface area (TPSA) is 113 Å². The fourth-order valence-electron chi connectivity index (χ4n) is 1.09. The summed E-state index contributed by atoms with van der Waals surface area (Å²) in [7, 11) is 0. The van der Waals surface area contributed by atoms with Crippen molar-refractivity contribution in [2.24, 2.45) is 0 Å². The quantitative estimate of drug-likeness (QED) is 0.634. The summed E-state index contributed by atoms with van der Waals surface area (Å²) in [4.78, 5) is 33.1. The van der Waals surface area contributed by atoms with Crippen molar-refractivity contribution in [3.05, 3.63) is 0 Å². The van der Waals surface area contributed by atoms with Crippen molar-refractivity contribution in [2.75, 3.05) is 6.61 Å². The molecule has 0 aromatic carbocycles. The first-order chi connectivity index (χ1) is 8.15. The van der Waals surface area contributed by atoms with Gasteiger partial charge in [-0.25, -0.2) is 9.59 Å². The summed E-state index contributed by atoms with van der Waals surface area (Å²) in [6.07, 6.45) is -1.07. The highest BCUT2D eigenvalue weighted by Crippen LogP contribution is 2.07. The number of ether oxygens (including phenoxy) is 1. The smallest absolute Gasteiger partial charge is 0.408 e. The Morgan fingerprint density at radius 1 is 1.28 bits per heavy atom. The lowest BCUT2D eigenvalue weighted by Crippen LogP contribution is -2.43. The molecular formula is C11H19NO6. The van der Waals surface area contributed by atoms with Gasteiger partial charge in [0.15, 0.2) is 5.78 Å². The molecule has 1 amide bonds. The van der Waals surface area contributed by atoms with E-state index in [4.69, 9.17) is 14.9 Å². The molecule has 0 radical (unpaired) electrons. The van der Waals surface area contributed by atoms with Crippen molar-refractivity contribution < 1.29 is 29.3 Å². The number of carboxylic acids is 1. The van der Waals surface area contributed by atoms with Gasteiger partial charge >= 0.3 is 12.1 Å². The van der Waals surface area contributed by atoms with E-state index in [-0.39, 0.29) is 12.8 Å². The normalized spacial score (nSPS) is 12.7. The van der Waals surface area contributed by atoms with Crippen LogP contribution in [0.5, 0.6) is 0 Å². The van der Waals surface area contributed by atoms with Crippen molar-refractivity contribution in [1.29, 1.82) is 0 Å². The lowest BCUT2D eigenvalue weighted by molar-refractivity contribution is -0.139. The molecule has 0 saturated carbocycles. The molecule has 0 fully saturated rings. The van der Waals surface area contributed by atoms with Crippen molar-refractivity contribution >= 4 is 17.8 Å². The minimum absolute atomic E-state index is 0.0893. The molecule has 1 atom stereocenters. The van der Waals surface area contributed by atoms with Crippen molar-refractivity contribution in [2.45, 2.75) is 45.3 Å². The Balaban J connectivity index is 4.32. The highest BCUT2D eigenvalue weighted by molar-refractivity contribution is 5.83. The monoisotopic (exact) mass is 261 g/mol. The zero-order chi connectivity index (χ0) is 14.3. The number of hydrogen-bond acceptors (Lipinski definition) is 5. The fourth-order valence-corrected chi connectivity index (χ4v) is 1.09. The number of aliphatic hydroxyl groups is 1. The van der Waals surface area contributed by atoms with Gasteiger partial charge < -0.3 is 20.3 Å². The maximum absolute atomic E-state index is 11.4. The van der Waals surface area contributed by atoms with Gasteiger partial charge in [-0.3, -0.25) is 4.79 Å². The van der Waals surface area contributed by atoms with Crippen LogP contribution in [0.3, 0.4) is 0 Å². The average Bonchev–Trinajstić information content (AvgIpc) is 2.20. The molecule has 0 unspecified atom stereocenters. The van der Waals surface area contributed by atoms with Crippen LogP contribution < -0.4 is 5.32 Å². The number of amides is 1. The van der Waals surface area contributed by atoms with Crippen LogP contribution in [0.1, 0.15) is 33.6 Å². The molecule has 104 valence electrons. The Morgan fingerprint density at radius 2 is 1.83 bits per heavy atom. The summed E-state index contributed by atoms with van der Waals surface area (Å²) in [5, 5.41) is 19.5. The third-order valence-corrected chi connectivity index (χ3v) is 1.88. The van der Waals surface area contributed by atoms with E-state index in [0.717, 1.165) is 0 Å². The van der Waals surface area contributed by atoms with E-state index in [1.54, 1.807) is 20.8 Å². The van der Waals surface area contributed by atoms with Crippen LogP contribution in [0.2, 0.25) is 0 Å². The fraction of sp³-hybridized carbons (Fsp3) is 0.727. The second-order valence-electron chi connectivity index (χ2n) is 4.77. The molecule has 0 aromatic heterocycles. The maximum atomic E-state index is 11.4. The lowest BCUT2D eigenvalue weighted by Gasteiger charge is -2.21. The number of nitrogens with one attached hydrogen (secondary N) is 1. The number of ketones is 1. The summed E-state index contributed by atoms with van der Waals surface area (Å²) in [5.74, 6) is -1.74. The molecule has 0 bridgehead atoms. The summed E-state index contributed by atoms with van der Waals surface area (Å²) in [6, 6.07) is -1.21. The zero-order valence-electron chi connectivity index (χ0n) is 10.7. The molecule has 0 aliphatic rings. The van der Waals surface area contributed by atoms with Gasteiger partial charge in [0.05, 0.1) is 0 Å². The van der Waals surface area contributed by atoms with Gasteiger partial charge in [0.25, 0.3) is 0 Å². The second kappa shape index (κ2) is 6.95. The number of Topliss-reactive ketones (excluding diaryl/α,β-unsaturated/α-hetero) is 1. The van der Waals surface area contributed by atoms with Crippen molar-refractivity contribution in [3.63, 3.8) is 0 Å². The Bertz CT molecular complexity index is 320.